The van der Waals surface area contributed by atoms with Crippen molar-refractivity contribution in [2.45, 2.75) is 0 Å². The van der Waals surface area contributed by atoms with Gasteiger partial charge in [-0.15, -0.1) is 0 Å². The van der Waals surface area contributed by atoms with Gasteiger partial charge in [0.2, 0.25) is 0 Å². The number of phenolic OH excluding ortho intramolecular Hbond substituents is 1. The van der Waals surface area contributed by atoms with Gasteiger partial charge in [0, 0.05) is 4.47 Å². The smallest absolute Gasteiger partial charge is 0.266 e. The molecule has 0 spiro atoms. The van der Waals surface area contributed by atoms with Gasteiger partial charge in [0.15, 0.2) is 11.5 Å². The van der Waals surface area contributed by atoms with Gasteiger partial charge in [0.25, 0.3) is 5.91 Å². The molecule has 0 saturated heterocycles. The van der Waals surface area contributed by atoms with Crippen molar-refractivity contribution in [2.75, 3.05) is 12.4 Å². The molecule has 0 heterocycles. The summed E-state index contributed by atoms with van der Waals surface area (Å²) >= 11 is 9.26. The highest BCUT2D eigenvalue weighted by atomic mass is 79.9. The standard InChI is InChI=1S/C17H12BrClN2O3/c1-24-16-7-10(12(18)8-15(16)22)6-11(9-20)17(23)21-14-5-3-2-4-13(14)19/h2-8,22H,1H3,(H,21,23)/b11-6+. The second kappa shape index (κ2) is 7.86. The summed E-state index contributed by atoms with van der Waals surface area (Å²) < 4.78 is 5.54. The van der Waals surface area contributed by atoms with Gasteiger partial charge in [-0.2, -0.15) is 5.26 Å². The summed E-state index contributed by atoms with van der Waals surface area (Å²) in [4.78, 5) is 12.3. The SMILES string of the molecule is COc1cc(/C=C(\C#N)C(=O)Nc2ccccc2Cl)c(Br)cc1O. The van der Waals surface area contributed by atoms with Crippen LogP contribution in [-0.2, 0) is 4.79 Å². The summed E-state index contributed by atoms with van der Waals surface area (Å²) in [6.45, 7) is 0. The van der Waals surface area contributed by atoms with E-state index in [2.05, 4.69) is 21.2 Å². The summed E-state index contributed by atoms with van der Waals surface area (Å²) in [5.74, 6) is -0.418. The summed E-state index contributed by atoms with van der Waals surface area (Å²) in [5, 5.41) is 21.9. The van der Waals surface area contributed by atoms with Gasteiger partial charge in [-0.05, 0) is 35.9 Å². The summed E-state index contributed by atoms with van der Waals surface area (Å²) in [6.07, 6.45) is 1.39. The van der Waals surface area contributed by atoms with E-state index in [1.54, 1.807) is 24.3 Å². The largest absolute Gasteiger partial charge is 0.504 e. The molecule has 0 aliphatic carbocycles. The average Bonchev–Trinajstić information content (AvgIpc) is 2.56. The lowest BCUT2D eigenvalue weighted by Gasteiger charge is -2.08. The molecule has 122 valence electrons. The number of hydrogen-bond donors (Lipinski definition) is 2. The Hall–Kier alpha value is -2.49. The minimum atomic E-state index is -0.593. The predicted molar refractivity (Wildman–Crippen MR) is 96.0 cm³/mol. The van der Waals surface area contributed by atoms with Crippen molar-refractivity contribution in [2.24, 2.45) is 0 Å². The van der Waals surface area contributed by atoms with Crippen LogP contribution in [0.25, 0.3) is 6.08 Å². The molecule has 1 amide bonds. The molecule has 0 saturated carbocycles. The zero-order valence-electron chi connectivity index (χ0n) is 12.5. The first kappa shape index (κ1) is 17.9. The Morgan fingerprint density at radius 2 is 2.12 bits per heavy atom. The van der Waals surface area contributed by atoms with Crippen LogP contribution in [0.5, 0.6) is 11.5 Å². The molecule has 2 aromatic rings. The van der Waals surface area contributed by atoms with Crippen molar-refractivity contribution < 1.29 is 14.6 Å². The van der Waals surface area contributed by atoms with E-state index in [4.69, 9.17) is 16.3 Å². The van der Waals surface area contributed by atoms with Gasteiger partial charge in [-0.25, -0.2) is 0 Å². The van der Waals surface area contributed by atoms with Crippen molar-refractivity contribution in [3.05, 3.63) is 57.0 Å². The molecule has 5 nitrogen and oxygen atoms in total. The summed E-state index contributed by atoms with van der Waals surface area (Å²) in [7, 11) is 1.41. The Kier molecular flexibility index (Phi) is 5.85. The molecular formula is C17H12BrClN2O3. The third-order valence-electron chi connectivity index (χ3n) is 3.09. The minimum Gasteiger partial charge on any atom is -0.504 e. The number of ether oxygens (including phenoxy) is 1. The van der Waals surface area contributed by atoms with Gasteiger partial charge < -0.3 is 15.2 Å². The van der Waals surface area contributed by atoms with E-state index in [9.17, 15) is 15.2 Å². The van der Waals surface area contributed by atoms with Crippen LogP contribution >= 0.6 is 27.5 Å². The van der Waals surface area contributed by atoms with Crippen LogP contribution in [0.2, 0.25) is 5.02 Å². The molecule has 2 rings (SSSR count). The number of nitrogens with one attached hydrogen (secondary N) is 1. The van der Waals surface area contributed by atoms with E-state index < -0.39 is 5.91 Å². The van der Waals surface area contributed by atoms with Crippen LogP contribution in [0.1, 0.15) is 5.56 Å². The van der Waals surface area contributed by atoms with E-state index in [1.807, 2.05) is 6.07 Å². The molecule has 0 fully saturated rings. The quantitative estimate of drug-likeness (QED) is 0.583. The molecule has 2 aromatic carbocycles. The first-order valence-electron chi connectivity index (χ1n) is 6.70. The van der Waals surface area contributed by atoms with Gasteiger partial charge in [0.05, 0.1) is 17.8 Å². The lowest BCUT2D eigenvalue weighted by Crippen LogP contribution is -2.13. The monoisotopic (exact) mass is 406 g/mol. The first-order chi connectivity index (χ1) is 11.5. The van der Waals surface area contributed by atoms with E-state index in [0.717, 1.165) is 0 Å². The van der Waals surface area contributed by atoms with Crippen molar-refractivity contribution in [3.8, 4) is 17.6 Å². The van der Waals surface area contributed by atoms with E-state index >= 15 is 0 Å². The Bertz CT molecular complexity index is 859. The number of para-hydroxylation sites is 1. The summed E-state index contributed by atoms with van der Waals surface area (Å²) in [5.41, 5.74) is 0.798. The highest BCUT2D eigenvalue weighted by Gasteiger charge is 2.13. The molecule has 0 atom stereocenters. The van der Waals surface area contributed by atoms with E-state index in [0.29, 0.717) is 20.7 Å². The Morgan fingerprint density at radius 3 is 2.75 bits per heavy atom. The van der Waals surface area contributed by atoms with Crippen molar-refractivity contribution in [3.63, 3.8) is 0 Å². The second-order valence-corrected chi connectivity index (χ2v) is 5.91. The minimum absolute atomic E-state index is 0.0550. The molecule has 0 aliphatic heterocycles. The number of methoxy groups -OCH3 is 1. The van der Waals surface area contributed by atoms with E-state index in [1.165, 1.54) is 25.3 Å². The number of anilines is 1. The number of nitrogens with zero attached hydrogens (tertiary/aromatic N) is 1. The Morgan fingerprint density at radius 1 is 1.42 bits per heavy atom. The average molecular weight is 408 g/mol. The highest BCUT2D eigenvalue weighted by molar-refractivity contribution is 9.10. The molecule has 0 bridgehead atoms. The van der Waals surface area contributed by atoms with Crippen LogP contribution in [-0.4, -0.2) is 18.1 Å². The van der Waals surface area contributed by atoms with Crippen LogP contribution in [0.15, 0.2) is 46.4 Å². The van der Waals surface area contributed by atoms with Crippen LogP contribution in [0.3, 0.4) is 0 Å². The molecule has 0 radical (unpaired) electrons. The van der Waals surface area contributed by atoms with Crippen LogP contribution < -0.4 is 10.1 Å². The third kappa shape index (κ3) is 4.07. The number of halogens is 2. The zero-order chi connectivity index (χ0) is 17.7. The molecule has 24 heavy (non-hydrogen) atoms. The van der Waals surface area contributed by atoms with E-state index in [-0.39, 0.29) is 17.1 Å². The number of nitriles is 1. The molecule has 0 aromatic heterocycles. The number of hydrogen-bond acceptors (Lipinski definition) is 4. The number of aromatic hydroxyl groups is 1. The Balaban J connectivity index is 2.34. The maximum Gasteiger partial charge on any atom is 0.266 e. The Labute approximate surface area is 152 Å². The van der Waals surface area contributed by atoms with Gasteiger partial charge in [-0.1, -0.05) is 39.7 Å². The number of benzene rings is 2. The summed E-state index contributed by atoms with van der Waals surface area (Å²) in [6, 6.07) is 11.5. The lowest BCUT2D eigenvalue weighted by molar-refractivity contribution is -0.112. The van der Waals surface area contributed by atoms with Crippen molar-refractivity contribution in [1.29, 1.82) is 5.26 Å². The molecular weight excluding hydrogens is 396 g/mol. The number of rotatable bonds is 4. The van der Waals surface area contributed by atoms with Crippen molar-refractivity contribution in [1.82, 2.24) is 0 Å². The van der Waals surface area contributed by atoms with Crippen LogP contribution in [0, 0.1) is 11.3 Å². The highest BCUT2D eigenvalue weighted by Crippen LogP contribution is 2.33. The fourth-order valence-corrected chi connectivity index (χ4v) is 2.52. The number of carbonyl (C=O) groups is 1. The lowest BCUT2D eigenvalue weighted by atomic mass is 10.1. The molecule has 2 N–H and O–H groups in total. The maximum atomic E-state index is 12.3. The zero-order valence-corrected chi connectivity index (χ0v) is 14.9. The topological polar surface area (TPSA) is 82.3 Å². The molecule has 0 unspecified atom stereocenters. The number of phenols is 1. The second-order valence-electron chi connectivity index (χ2n) is 4.65. The normalized spacial score (nSPS) is 10.8. The fourth-order valence-electron chi connectivity index (χ4n) is 1.89. The molecule has 7 heteroatoms. The fraction of sp³-hybridized carbons (Fsp3) is 0.0588. The van der Waals surface area contributed by atoms with Gasteiger partial charge >= 0.3 is 0 Å². The van der Waals surface area contributed by atoms with Crippen LogP contribution in [0.4, 0.5) is 5.69 Å². The predicted octanol–water partition coefficient (Wildman–Crippen LogP) is 4.36. The third-order valence-corrected chi connectivity index (χ3v) is 4.10. The van der Waals surface area contributed by atoms with Crippen molar-refractivity contribution >= 4 is 45.2 Å². The molecule has 0 aliphatic rings. The first-order valence-corrected chi connectivity index (χ1v) is 7.87. The number of carbonyl (C=O) groups excluding carboxylic acids is 1. The van der Waals surface area contributed by atoms with Gasteiger partial charge in [-0.3, -0.25) is 4.79 Å². The number of amides is 1. The van der Waals surface area contributed by atoms with Gasteiger partial charge in [0.1, 0.15) is 11.6 Å². The maximum absolute atomic E-state index is 12.3.